The first-order valence-corrected chi connectivity index (χ1v) is 12.0. The molecule has 3 heterocycles. The summed E-state index contributed by atoms with van der Waals surface area (Å²) < 4.78 is 1.66. The van der Waals surface area contributed by atoms with Crippen molar-refractivity contribution in [1.29, 1.82) is 0 Å². The van der Waals surface area contributed by atoms with Crippen molar-refractivity contribution in [1.82, 2.24) is 19.4 Å². The van der Waals surface area contributed by atoms with Gasteiger partial charge in [-0.1, -0.05) is 41.9 Å². The molecule has 0 unspecified atom stereocenters. The van der Waals surface area contributed by atoms with E-state index in [1.165, 1.54) is 6.33 Å². The van der Waals surface area contributed by atoms with E-state index in [9.17, 15) is 9.59 Å². The SMILES string of the molecule is C[C@H](Nc1ncnc2c1C(=O)N(C1CC1)CN2)c1cc2cccc(Cl)c2c(=O)n1-c1ccccc1. The molecule has 0 spiro atoms. The van der Waals surface area contributed by atoms with Crippen LogP contribution in [0.2, 0.25) is 5.02 Å². The Bertz CT molecular complexity index is 1520. The first-order valence-electron chi connectivity index (χ1n) is 11.6. The standard InChI is InChI=1S/C26H23ClN6O2/c1-15(31-24-22-23(28-13-29-24)30-14-32(25(22)34)17-10-11-17)20-12-16-6-5-9-19(27)21(16)26(35)33(20)18-7-3-2-4-8-18/h2-9,12-13,15,17H,10-11,14H2,1H3,(H2,28,29,30,31)/t15-/m0/s1. The average molecular weight is 487 g/mol. The average Bonchev–Trinajstić information content (AvgIpc) is 3.70. The largest absolute Gasteiger partial charge is 0.361 e. The van der Waals surface area contributed by atoms with E-state index in [0.717, 1.165) is 29.6 Å². The molecule has 4 aromatic rings. The highest BCUT2D eigenvalue weighted by Crippen LogP contribution is 2.35. The second-order valence-electron chi connectivity index (χ2n) is 8.90. The molecular formula is C26H23ClN6O2. The molecule has 35 heavy (non-hydrogen) atoms. The van der Waals surface area contributed by atoms with Crippen molar-refractivity contribution in [3.8, 4) is 5.69 Å². The lowest BCUT2D eigenvalue weighted by Gasteiger charge is -2.30. The third-order valence-corrected chi connectivity index (χ3v) is 6.88. The molecule has 2 aromatic heterocycles. The van der Waals surface area contributed by atoms with Crippen LogP contribution in [0.4, 0.5) is 11.6 Å². The predicted molar refractivity (Wildman–Crippen MR) is 136 cm³/mol. The van der Waals surface area contributed by atoms with Gasteiger partial charge < -0.3 is 15.5 Å². The Hall–Kier alpha value is -3.91. The molecule has 176 valence electrons. The summed E-state index contributed by atoms with van der Waals surface area (Å²) in [5.41, 5.74) is 1.67. The third kappa shape index (κ3) is 3.70. The molecule has 1 amide bonds. The van der Waals surface area contributed by atoms with E-state index in [0.29, 0.717) is 34.3 Å². The number of pyridine rings is 1. The fourth-order valence-electron chi connectivity index (χ4n) is 4.67. The van der Waals surface area contributed by atoms with Crippen LogP contribution in [0.3, 0.4) is 0 Å². The zero-order valence-corrected chi connectivity index (χ0v) is 19.8. The highest BCUT2D eigenvalue weighted by atomic mass is 35.5. The fourth-order valence-corrected chi connectivity index (χ4v) is 4.93. The molecule has 6 rings (SSSR count). The summed E-state index contributed by atoms with van der Waals surface area (Å²) in [6.07, 6.45) is 3.46. The Labute approximate surface area is 206 Å². The fraction of sp³-hybridized carbons (Fsp3) is 0.231. The maximum atomic E-state index is 13.7. The minimum atomic E-state index is -0.366. The molecule has 1 fully saturated rings. The van der Waals surface area contributed by atoms with Crippen molar-refractivity contribution in [2.75, 3.05) is 17.3 Å². The number of hydrogen-bond donors (Lipinski definition) is 2. The van der Waals surface area contributed by atoms with Crippen molar-refractivity contribution < 1.29 is 4.79 Å². The van der Waals surface area contributed by atoms with Gasteiger partial charge in [-0.2, -0.15) is 0 Å². The summed E-state index contributed by atoms with van der Waals surface area (Å²) >= 11 is 6.43. The number of rotatable bonds is 5. The zero-order chi connectivity index (χ0) is 24.1. The Morgan fingerprint density at radius 2 is 1.89 bits per heavy atom. The van der Waals surface area contributed by atoms with Crippen LogP contribution < -0.4 is 16.2 Å². The number of carbonyl (C=O) groups is 1. The molecular weight excluding hydrogens is 464 g/mol. The highest BCUT2D eigenvalue weighted by molar-refractivity contribution is 6.35. The van der Waals surface area contributed by atoms with Gasteiger partial charge in [0.1, 0.15) is 23.5 Å². The molecule has 9 heteroatoms. The van der Waals surface area contributed by atoms with Gasteiger partial charge >= 0.3 is 0 Å². The maximum absolute atomic E-state index is 13.7. The number of fused-ring (bicyclic) bond motifs is 2. The number of amides is 1. The van der Waals surface area contributed by atoms with Crippen LogP contribution in [0.1, 0.15) is 41.9 Å². The summed E-state index contributed by atoms with van der Waals surface area (Å²) in [6.45, 7) is 2.39. The van der Waals surface area contributed by atoms with E-state index in [4.69, 9.17) is 11.6 Å². The first-order chi connectivity index (χ1) is 17.0. The van der Waals surface area contributed by atoms with Crippen LogP contribution in [-0.2, 0) is 0 Å². The normalized spacial score (nSPS) is 16.1. The summed E-state index contributed by atoms with van der Waals surface area (Å²) in [5.74, 6) is 0.869. The van der Waals surface area contributed by atoms with Gasteiger partial charge in [0.15, 0.2) is 0 Å². The number of anilines is 2. The van der Waals surface area contributed by atoms with E-state index in [1.54, 1.807) is 10.6 Å². The lowest BCUT2D eigenvalue weighted by Crippen LogP contribution is -2.42. The summed E-state index contributed by atoms with van der Waals surface area (Å²) in [6, 6.07) is 16.7. The summed E-state index contributed by atoms with van der Waals surface area (Å²) in [4.78, 5) is 37.5. The minimum Gasteiger partial charge on any atom is -0.361 e. The monoisotopic (exact) mass is 486 g/mol. The van der Waals surface area contributed by atoms with Gasteiger partial charge in [0, 0.05) is 17.4 Å². The molecule has 0 radical (unpaired) electrons. The van der Waals surface area contributed by atoms with Crippen molar-refractivity contribution in [3.63, 3.8) is 0 Å². The van der Waals surface area contributed by atoms with E-state index < -0.39 is 0 Å². The minimum absolute atomic E-state index is 0.0812. The third-order valence-electron chi connectivity index (χ3n) is 6.56. The molecule has 1 atom stereocenters. The number of hydrogen-bond acceptors (Lipinski definition) is 6. The van der Waals surface area contributed by atoms with Gasteiger partial charge in [0.2, 0.25) is 0 Å². The number of nitrogens with one attached hydrogen (secondary N) is 2. The van der Waals surface area contributed by atoms with E-state index in [1.807, 2.05) is 60.4 Å². The van der Waals surface area contributed by atoms with E-state index in [-0.39, 0.29) is 23.6 Å². The van der Waals surface area contributed by atoms with Gasteiger partial charge in [-0.15, -0.1) is 0 Å². The quantitative estimate of drug-likeness (QED) is 0.428. The van der Waals surface area contributed by atoms with Crippen molar-refractivity contribution in [2.45, 2.75) is 31.8 Å². The molecule has 2 aromatic carbocycles. The van der Waals surface area contributed by atoms with Crippen LogP contribution in [0.5, 0.6) is 0 Å². The Morgan fingerprint density at radius 1 is 1.09 bits per heavy atom. The zero-order valence-electron chi connectivity index (χ0n) is 19.0. The van der Waals surface area contributed by atoms with E-state index >= 15 is 0 Å². The number of benzene rings is 2. The van der Waals surface area contributed by atoms with Gasteiger partial charge in [0.05, 0.1) is 23.1 Å². The van der Waals surface area contributed by atoms with Gasteiger partial charge in [-0.3, -0.25) is 14.2 Å². The van der Waals surface area contributed by atoms with E-state index in [2.05, 4.69) is 20.6 Å². The van der Waals surface area contributed by atoms with Crippen LogP contribution >= 0.6 is 11.6 Å². The van der Waals surface area contributed by atoms with Crippen LogP contribution in [0, 0.1) is 0 Å². The first kappa shape index (κ1) is 21.6. The van der Waals surface area contributed by atoms with Crippen molar-refractivity contribution >= 4 is 39.9 Å². The lowest BCUT2D eigenvalue weighted by atomic mass is 10.1. The topological polar surface area (TPSA) is 92.2 Å². The Morgan fingerprint density at radius 3 is 2.66 bits per heavy atom. The summed E-state index contributed by atoms with van der Waals surface area (Å²) in [5, 5.41) is 8.25. The second kappa shape index (κ2) is 8.39. The molecule has 2 N–H and O–H groups in total. The van der Waals surface area contributed by atoms with Crippen molar-refractivity contribution in [3.05, 3.63) is 87.6 Å². The molecule has 8 nitrogen and oxygen atoms in total. The smallest absolute Gasteiger partial charge is 0.264 e. The van der Waals surface area contributed by atoms with Crippen molar-refractivity contribution in [2.24, 2.45) is 0 Å². The number of nitrogens with zero attached hydrogens (tertiary/aromatic N) is 4. The highest BCUT2D eigenvalue weighted by Gasteiger charge is 2.38. The Balaban J connectivity index is 1.47. The molecule has 1 aliphatic heterocycles. The predicted octanol–water partition coefficient (Wildman–Crippen LogP) is 4.59. The number of carbonyl (C=O) groups excluding carboxylic acids is 1. The van der Waals surface area contributed by atoms with Gasteiger partial charge in [-0.25, -0.2) is 9.97 Å². The number of aromatic nitrogens is 3. The second-order valence-corrected chi connectivity index (χ2v) is 9.31. The molecule has 1 aliphatic carbocycles. The number of halogens is 1. The number of para-hydroxylation sites is 1. The van der Waals surface area contributed by atoms with Crippen LogP contribution in [-0.4, -0.2) is 38.1 Å². The Kier molecular flexibility index (Phi) is 5.18. The molecule has 2 aliphatic rings. The van der Waals surface area contributed by atoms with Crippen LogP contribution in [0.15, 0.2) is 65.7 Å². The molecule has 1 saturated carbocycles. The lowest BCUT2D eigenvalue weighted by molar-refractivity contribution is 0.0746. The maximum Gasteiger partial charge on any atom is 0.264 e. The summed E-state index contributed by atoms with van der Waals surface area (Å²) in [7, 11) is 0. The van der Waals surface area contributed by atoms with Crippen LogP contribution in [0.25, 0.3) is 16.5 Å². The van der Waals surface area contributed by atoms with Gasteiger partial charge in [0.25, 0.3) is 11.5 Å². The molecule has 0 saturated heterocycles. The van der Waals surface area contributed by atoms with Gasteiger partial charge in [-0.05, 0) is 49.4 Å². The molecule has 0 bridgehead atoms.